The molecule has 18 heavy (non-hydrogen) atoms. The molecule has 1 unspecified atom stereocenters. The Hall–Kier alpha value is -1.53. The summed E-state index contributed by atoms with van der Waals surface area (Å²) in [5.74, 6) is -0.0585. The van der Waals surface area contributed by atoms with Crippen LogP contribution in [0.25, 0.3) is 0 Å². The van der Waals surface area contributed by atoms with Crippen molar-refractivity contribution in [2.45, 2.75) is 26.2 Å². The first-order valence-corrected chi connectivity index (χ1v) is 6.34. The molecule has 0 aliphatic heterocycles. The Balaban J connectivity index is 2.80. The molecule has 1 rings (SSSR count). The first-order chi connectivity index (χ1) is 8.56. The topological polar surface area (TPSA) is 52.9 Å². The highest BCUT2D eigenvalue weighted by molar-refractivity contribution is 6.30. The van der Waals surface area contributed by atoms with E-state index in [0.717, 1.165) is 5.56 Å². The minimum atomic E-state index is -0.207. The molecule has 4 heteroatoms. The molecule has 0 saturated carbocycles. The van der Waals surface area contributed by atoms with Crippen molar-refractivity contribution in [3.05, 3.63) is 34.9 Å². The summed E-state index contributed by atoms with van der Waals surface area (Å²) in [6.07, 6.45) is 0.331. The molecule has 0 aliphatic rings. The van der Waals surface area contributed by atoms with Gasteiger partial charge in [0.2, 0.25) is 5.91 Å². The number of nitriles is 1. The molecule has 0 aliphatic carbocycles. The van der Waals surface area contributed by atoms with E-state index in [1.54, 1.807) is 12.1 Å². The highest BCUT2D eigenvalue weighted by Gasteiger charge is 2.23. The molecular weight excluding hydrogens is 248 g/mol. The smallest absolute Gasteiger partial charge is 0.227 e. The molecule has 0 spiro atoms. The quantitative estimate of drug-likeness (QED) is 0.831. The van der Waals surface area contributed by atoms with Crippen LogP contribution in [0.5, 0.6) is 0 Å². The zero-order chi connectivity index (χ0) is 13.5. The second-order valence-electron chi connectivity index (χ2n) is 4.47. The minimum Gasteiger partial charge on any atom is -0.355 e. The van der Waals surface area contributed by atoms with Crippen LogP contribution in [0, 0.1) is 17.2 Å². The van der Waals surface area contributed by atoms with Gasteiger partial charge in [-0.15, -0.1) is 0 Å². The van der Waals surface area contributed by atoms with Gasteiger partial charge in [-0.3, -0.25) is 4.79 Å². The monoisotopic (exact) mass is 264 g/mol. The standard InChI is InChI=1S/C14H17ClN2O/c1-10(2)13(14(18)17-9-3-8-16)11-4-6-12(15)7-5-11/h4-7,10,13H,3,9H2,1-2H3,(H,17,18). The number of carbonyl (C=O) groups excluding carboxylic acids is 1. The Morgan fingerprint density at radius 3 is 2.50 bits per heavy atom. The van der Waals surface area contributed by atoms with Crippen molar-refractivity contribution in [3.8, 4) is 6.07 Å². The number of hydrogen-bond acceptors (Lipinski definition) is 2. The van der Waals surface area contributed by atoms with Gasteiger partial charge < -0.3 is 5.32 Å². The molecule has 1 aromatic rings. The first kappa shape index (κ1) is 14.5. The molecule has 96 valence electrons. The summed E-state index contributed by atoms with van der Waals surface area (Å²) in [4.78, 5) is 12.1. The second kappa shape index (κ2) is 7.03. The summed E-state index contributed by atoms with van der Waals surface area (Å²) in [7, 11) is 0. The molecule has 1 N–H and O–H groups in total. The highest BCUT2D eigenvalue weighted by Crippen LogP contribution is 2.25. The maximum Gasteiger partial charge on any atom is 0.227 e. The fourth-order valence-corrected chi connectivity index (χ4v) is 1.99. The molecule has 0 bridgehead atoms. The predicted octanol–water partition coefficient (Wildman–Crippen LogP) is 3.11. The van der Waals surface area contributed by atoms with Gasteiger partial charge in [-0.2, -0.15) is 5.26 Å². The number of nitrogens with one attached hydrogen (secondary N) is 1. The van der Waals surface area contributed by atoms with E-state index < -0.39 is 0 Å². The normalized spacial score (nSPS) is 11.9. The highest BCUT2D eigenvalue weighted by atomic mass is 35.5. The third-order valence-corrected chi connectivity index (χ3v) is 2.97. The Labute approximate surface area is 113 Å². The fourth-order valence-electron chi connectivity index (χ4n) is 1.86. The summed E-state index contributed by atoms with van der Waals surface area (Å²) in [6, 6.07) is 9.32. The van der Waals surface area contributed by atoms with Crippen LogP contribution in [0.1, 0.15) is 31.7 Å². The third-order valence-electron chi connectivity index (χ3n) is 2.71. The number of benzene rings is 1. The molecule has 1 amide bonds. The van der Waals surface area contributed by atoms with Gasteiger partial charge >= 0.3 is 0 Å². The molecule has 0 heterocycles. The lowest BCUT2D eigenvalue weighted by atomic mass is 9.87. The van der Waals surface area contributed by atoms with Crippen LogP contribution in [-0.4, -0.2) is 12.5 Å². The van der Waals surface area contributed by atoms with Crippen LogP contribution >= 0.6 is 11.6 Å². The fraction of sp³-hybridized carbons (Fsp3) is 0.429. The van der Waals surface area contributed by atoms with E-state index in [-0.39, 0.29) is 17.7 Å². The summed E-state index contributed by atoms with van der Waals surface area (Å²) in [5, 5.41) is 11.9. The SMILES string of the molecule is CC(C)C(C(=O)NCCC#N)c1ccc(Cl)cc1. The zero-order valence-corrected chi connectivity index (χ0v) is 11.4. The second-order valence-corrected chi connectivity index (χ2v) is 4.91. The lowest BCUT2D eigenvalue weighted by Gasteiger charge is -2.20. The maximum atomic E-state index is 12.1. The van der Waals surface area contributed by atoms with Crippen molar-refractivity contribution in [3.63, 3.8) is 0 Å². The third kappa shape index (κ3) is 4.05. The van der Waals surface area contributed by atoms with E-state index in [1.807, 2.05) is 32.0 Å². The van der Waals surface area contributed by atoms with Crippen molar-refractivity contribution in [1.82, 2.24) is 5.32 Å². The number of hydrogen-bond donors (Lipinski definition) is 1. The average molecular weight is 265 g/mol. The Morgan fingerprint density at radius 1 is 1.39 bits per heavy atom. The summed E-state index contributed by atoms with van der Waals surface area (Å²) in [6.45, 7) is 4.40. The summed E-state index contributed by atoms with van der Waals surface area (Å²) in [5.41, 5.74) is 0.948. The van der Waals surface area contributed by atoms with Crippen LogP contribution < -0.4 is 5.32 Å². The maximum absolute atomic E-state index is 12.1. The lowest BCUT2D eigenvalue weighted by Crippen LogP contribution is -2.32. The number of nitrogens with zero attached hydrogens (tertiary/aromatic N) is 1. The molecule has 0 aromatic heterocycles. The van der Waals surface area contributed by atoms with Gasteiger partial charge in [-0.05, 0) is 23.6 Å². The number of carbonyl (C=O) groups is 1. The van der Waals surface area contributed by atoms with E-state index in [1.165, 1.54) is 0 Å². The molecule has 1 atom stereocenters. The Morgan fingerprint density at radius 2 is 2.00 bits per heavy atom. The molecule has 3 nitrogen and oxygen atoms in total. The minimum absolute atomic E-state index is 0.0393. The first-order valence-electron chi connectivity index (χ1n) is 5.96. The summed E-state index contributed by atoms with van der Waals surface area (Å²) < 4.78 is 0. The van der Waals surface area contributed by atoms with Crippen LogP contribution in [0.2, 0.25) is 5.02 Å². The zero-order valence-electron chi connectivity index (χ0n) is 10.6. The molecule has 0 saturated heterocycles. The largest absolute Gasteiger partial charge is 0.355 e. The number of halogens is 1. The van der Waals surface area contributed by atoms with E-state index in [0.29, 0.717) is 18.0 Å². The van der Waals surface area contributed by atoms with Gasteiger partial charge in [-0.1, -0.05) is 37.6 Å². The lowest BCUT2D eigenvalue weighted by molar-refractivity contribution is -0.123. The molecular formula is C14H17ClN2O. The van der Waals surface area contributed by atoms with E-state index in [2.05, 4.69) is 5.32 Å². The van der Waals surface area contributed by atoms with E-state index in [9.17, 15) is 4.79 Å². The average Bonchev–Trinajstić information content (AvgIpc) is 2.32. The van der Waals surface area contributed by atoms with Crippen LogP contribution in [0.3, 0.4) is 0 Å². The van der Waals surface area contributed by atoms with Crippen molar-refractivity contribution in [2.24, 2.45) is 5.92 Å². The van der Waals surface area contributed by atoms with Crippen LogP contribution in [0.15, 0.2) is 24.3 Å². The summed E-state index contributed by atoms with van der Waals surface area (Å²) >= 11 is 5.84. The van der Waals surface area contributed by atoms with Crippen molar-refractivity contribution in [1.29, 1.82) is 5.26 Å². The van der Waals surface area contributed by atoms with Gasteiger partial charge in [0.05, 0.1) is 18.4 Å². The van der Waals surface area contributed by atoms with Crippen molar-refractivity contribution < 1.29 is 4.79 Å². The van der Waals surface area contributed by atoms with Gasteiger partial charge in [0.15, 0.2) is 0 Å². The number of rotatable bonds is 5. The van der Waals surface area contributed by atoms with Crippen LogP contribution in [0.4, 0.5) is 0 Å². The molecule has 0 fully saturated rings. The van der Waals surface area contributed by atoms with Crippen LogP contribution in [-0.2, 0) is 4.79 Å². The molecule has 0 radical (unpaired) electrons. The Kier molecular flexibility index (Phi) is 5.67. The van der Waals surface area contributed by atoms with Gasteiger partial charge in [0.1, 0.15) is 0 Å². The number of amides is 1. The Bertz CT molecular complexity index is 434. The molecule has 1 aromatic carbocycles. The predicted molar refractivity (Wildman–Crippen MR) is 72.3 cm³/mol. The van der Waals surface area contributed by atoms with Gasteiger partial charge in [-0.25, -0.2) is 0 Å². The van der Waals surface area contributed by atoms with Crippen molar-refractivity contribution >= 4 is 17.5 Å². The van der Waals surface area contributed by atoms with Gasteiger partial charge in [0.25, 0.3) is 0 Å². The van der Waals surface area contributed by atoms with Crippen molar-refractivity contribution in [2.75, 3.05) is 6.54 Å². The van der Waals surface area contributed by atoms with E-state index in [4.69, 9.17) is 16.9 Å². The van der Waals surface area contributed by atoms with Gasteiger partial charge in [0, 0.05) is 11.6 Å². The van der Waals surface area contributed by atoms with E-state index >= 15 is 0 Å².